The Morgan fingerprint density at radius 3 is 2.39 bits per heavy atom. The maximum absolute atomic E-state index is 12.7. The van der Waals surface area contributed by atoms with Crippen molar-refractivity contribution in [2.24, 2.45) is 0 Å². The van der Waals surface area contributed by atoms with Gasteiger partial charge in [0.25, 0.3) is 0 Å². The molecule has 6 heteroatoms. The van der Waals surface area contributed by atoms with Gasteiger partial charge in [0.2, 0.25) is 5.91 Å². The topological polar surface area (TPSA) is 59.8 Å². The summed E-state index contributed by atoms with van der Waals surface area (Å²) in [5.74, 6) is 1.17. The van der Waals surface area contributed by atoms with Crippen LogP contribution in [0.15, 0.2) is 66.3 Å². The van der Waals surface area contributed by atoms with E-state index >= 15 is 0 Å². The lowest BCUT2D eigenvalue weighted by molar-refractivity contribution is -0.113. The molecule has 0 aliphatic rings. The number of anilines is 1. The highest BCUT2D eigenvalue weighted by Gasteiger charge is 2.15. The summed E-state index contributed by atoms with van der Waals surface area (Å²) in [7, 11) is 0. The summed E-state index contributed by atoms with van der Waals surface area (Å²) in [6.45, 7) is 8.70. The van der Waals surface area contributed by atoms with Crippen LogP contribution in [0.1, 0.15) is 36.4 Å². The van der Waals surface area contributed by atoms with Crippen molar-refractivity contribution < 1.29 is 4.79 Å². The number of nitrogens with zero attached hydrogens (tertiary/aromatic N) is 3. The van der Waals surface area contributed by atoms with Gasteiger partial charge in [0.15, 0.2) is 5.16 Å². The molecule has 1 aromatic heterocycles. The molecule has 3 rings (SSSR count). The van der Waals surface area contributed by atoms with Gasteiger partial charge in [0.05, 0.1) is 5.75 Å². The summed E-state index contributed by atoms with van der Waals surface area (Å²) >= 11 is 1.41. The number of hydrogen-bond acceptors (Lipinski definition) is 4. The molecule has 5 nitrogen and oxygen atoms in total. The average Bonchev–Trinajstić information content (AvgIpc) is 3.18. The molecule has 1 amide bonds. The molecule has 0 saturated carbocycles. The first-order valence-corrected chi connectivity index (χ1v) is 11.7. The summed E-state index contributed by atoms with van der Waals surface area (Å²) in [5, 5.41) is 12.6. The molecule has 1 N–H and O–H groups in total. The molecule has 0 radical (unpaired) electrons. The maximum atomic E-state index is 12.7. The second-order valence-electron chi connectivity index (χ2n) is 7.28. The highest BCUT2D eigenvalue weighted by molar-refractivity contribution is 7.99. The number of carbonyl (C=O) groups excluding carboxylic acids is 1. The van der Waals surface area contributed by atoms with Gasteiger partial charge in [-0.05, 0) is 36.0 Å². The van der Waals surface area contributed by atoms with Gasteiger partial charge in [0.1, 0.15) is 5.82 Å². The number of rotatable bonds is 11. The Balaban J connectivity index is 1.65. The summed E-state index contributed by atoms with van der Waals surface area (Å²) in [6, 6.07) is 16.5. The van der Waals surface area contributed by atoms with Crippen molar-refractivity contribution in [3.8, 4) is 0 Å². The molecule has 0 aliphatic heterocycles. The van der Waals surface area contributed by atoms with Crippen LogP contribution in [0, 0.1) is 0 Å². The van der Waals surface area contributed by atoms with Gasteiger partial charge >= 0.3 is 0 Å². The smallest absolute Gasteiger partial charge is 0.234 e. The van der Waals surface area contributed by atoms with Crippen molar-refractivity contribution in [2.45, 2.75) is 51.2 Å². The third kappa shape index (κ3) is 6.07. The number of para-hydroxylation sites is 1. The van der Waals surface area contributed by atoms with Crippen LogP contribution in [0.25, 0.3) is 0 Å². The van der Waals surface area contributed by atoms with Gasteiger partial charge in [0, 0.05) is 18.7 Å². The van der Waals surface area contributed by atoms with Gasteiger partial charge in [-0.1, -0.05) is 80.2 Å². The Labute approximate surface area is 189 Å². The maximum Gasteiger partial charge on any atom is 0.234 e. The Morgan fingerprint density at radius 2 is 1.74 bits per heavy atom. The van der Waals surface area contributed by atoms with Crippen LogP contribution >= 0.6 is 11.8 Å². The number of carbonyl (C=O) groups is 1. The van der Waals surface area contributed by atoms with Crippen LogP contribution in [0.4, 0.5) is 5.69 Å². The van der Waals surface area contributed by atoms with Crippen molar-refractivity contribution in [3.05, 3.63) is 83.7 Å². The standard InChI is InChI=1S/C25H30N4OS/c1-4-17-29-22(16-15-19-11-8-7-9-12-19)27-28-25(29)31-18-23(30)26-24-20(5-2)13-10-14-21(24)6-3/h4,7-14H,1,5-6,15-18H2,2-3H3,(H,26,30). The third-order valence-corrected chi connectivity index (χ3v) is 6.15. The molecule has 0 unspecified atom stereocenters. The van der Waals surface area contributed by atoms with Crippen LogP contribution < -0.4 is 5.32 Å². The second kappa shape index (κ2) is 11.5. The van der Waals surface area contributed by atoms with E-state index in [9.17, 15) is 4.79 Å². The number of allylic oxidation sites excluding steroid dienone is 1. The van der Waals surface area contributed by atoms with Crippen molar-refractivity contribution in [1.29, 1.82) is 0 Å². The number of hydrogen-bond donors (Lipinski definition) is 1. The van der Waals surface area contributed by atoms with E-state index in [0.717, 1.165) is 53.5 Å². The Kier molecular flexibility index (Phi) is 8.47. The predicted octanol–water partition coefficient (Wildman–Crippen LogP) is 5.10. The molecule has 31 heavy (non-hydrogen) atoms. The Bertz CT molecular complexity index is 991. The molecule has 3 aromatic rings. The zero-order chi connectivity index (χ0) is 22.1. The first-order chi connectivity index (χ1) is 15.2. The zero-order valence-corrected chi connectivity index (χ0v) is 19.1. The molecule has 0 fully saturated rings. The molecule has 2 aromatic carbocycles. The van der Waals surface area contributed by atoms with Crippen molar-refractivity contribution >= 4 is 23.4 Å². The van der Waals surface area contributed by atoms with Gasteiger partial charge in [-0.3, -0.25) is 4.79 Å². The van der Waals surface area contributed by atoms with E-state index in [1.165, 1.54) is 17.3 Å². The van der Waals surface area contributed by atoms with Crippen molar-refractivity contribution in [3.63, 3.8) is 0 Å². The lowest BCUT2D eigenvalue weighted by Gasteiger charge is -2.14. The Hall–Kier alpha value is -2.86. The van der Waals surface area contributed by atoms with Crippen LogP contribution in [-0.2, 0) is 37.0 Å². The van der Waals surface area contributed by atoms with Gasteiger partial charge in [-0.15, -0.1) is 16.8 Å². The largest absolute Gasteiger partial charge is 0.325 e. The van der Waals surface area contributed by atoms with E-state index < -0.39 is 0 Å². The van der Waals surface area contributed by atoms with Crippen LogP contribution in [0.2, 0.25) is 0 Å². The first kappa shape index (κ1) is 22.8. The average molecular weight is 435 g/mol. The van der Waals surface area contributed by atoms with Crippen molar-refractivity contribution in [2.75, 3.05) is 11.1 Å². The molecule has 0 aliphatic carbocycles. The van der Waals surface area contributed by atoms with E-state index in [2.05, 4.69) is 66.3 Å². The highest BCUT2D eigenvalue weighted by Crippen LogP contribution is 2.24. The minimum atomic E-state index is -0.0282. The summed E-state index contributed by atoms with van der Waals surface area (Å²) in [6.07, 6.45) is 5.30. The minimum Gasteiger partial charge on any atom is -0.325 e. The zero-order valence-electron chi connectivity index (χ0n) is 18.3. The van der Waals surface area contributed by atoms with E-state index in [4.69, 9.17) is 0 Å². The summed E-state index contributed by atoms with van der Waals surface area (Å²) in [4.78, 5) is 12.7. The van der Waals surface area contributed by atoms with Crippen LogP contribution in [0.5, 0.6) is 0 Å². The molecule has 0 saturated heterocycles. The Morgan fingerprint density at radius 1 is 1.03 bits per heavy atom. The summed E-state index contributed by atoms with van der Waals surface area (Å²) in [5.41, 5.74) is 4.55. The van der Waals surface area contributed by atoms with Gasteiger partial charge in [-0.2, -0.15) is 0 Å². The predicted molar refractivity (Wildman–Crippen MR) is 129 cm³/mol. The fourth-order valence-corrected chi connectivity index (χ4v) is 4.30. The molecule has 0 bridgehead atoms. The molecule has 162 valence electrons. The summed E-state index contributed by atoms with van der Waals surface area (Å²) < 4.78 is 2.05. The molecule has 0 atom stereocenters. The monoisotopic (exact) mass is 434 g/mol. The molecular weight excluding hydrogens is 404 g/mol. The van der Waals surface area contributed by atoms with Gasteiger partial charge < -0.3 is 9.88 Å². The van der Waals surface area contributed by atoms with E-state index in [1.807, 2.05) is 28.8 Å². The fraction of sp³-hybridized carbons (Fsp3) is 0.320. The number of nitrogens with one attached hydrogen (secondary N) is 1. The number of aryl methyl sites for hydroxylation is 4. The van der Waals surface area contributed by atoms with Crippen molar-refractivity contribution in [1.82, 2.24) is 14.8 Å². The lowest BCUT2D eigenvalue weighted by Crippen LogP contribution is -2.17. The highest BCUT2D eigenvalue weighted by atomic mass is 32.2. The van der Waals surface area contributed by atoms with Gasteiger partial charge in [-0.25, -0.2) is 0 Å². The van der Waals surface area contributed by atoms with Crippen LogP contribution in [-0.4, -0.2) is 26.4 Å². The minimum absolute atomic E-state index is 0.0282. The van der Waals surface area contributed by atoms with E-state index in [-0.39, 0.29) is 11.7 Å². The number of amides is 1. The van der Waals surface area contributed by atoms with E-state index in [0.29, 0.717) is 6.54 Å². The number of benzene rings is 2. The SMILES string of the molecule is C=CCn1c(CCc2ccccc2)nnc1SCC(=O)Nc1c(CC)cccc1CC. The lowest BCUT2D eigenvalue weighted by atomic mass is 10.0. The molecule has 0 spiro atoms. The number of thioether (sulfide) groups is 1. The fourth-order valence-electron chi connectivity index (χ4n) is 3.53. The first-order valence-electron chi connectivity index (χ1n) is 10.8. The second-order valence-corrected chi connectivity index (χ2v) is 8.22. The molecular formula is C25H30N4OS. The van der Waals surface area contributed by atoms with Crippen LogP contribution in [0.3, 0.4) is 0 Å². The normalized spacial score (nSPS) is 10.8. The van der Waals surface area contributed by atoms with E-state index in [1.54, 1.807) is 0 Å². The number of aromatic nitrogens is 3. The third-order valence-electron chi connectivity index (χ3n) is 5.18. The molecule has 1 heterocycles. The quantitative estimate of drug-likeness (QED) is 0.337.